The van der Waals surface area contributed by atoms with Gasteiger partial charge in [-0.05, 0) is 27.7 Å². The number of ether oxygens (including phenoxy) is 1. The van der Waals surface area contributed by atoms with E-state index < -0.39 is 40.0 Å². The molecule has 0 bridgehead atoms. The topological polar surface area (TPSA) is 167 Å². The van der Waals surface area contributed by atoms with Gasteiger partial charge in [-0.1, -0.05) is 5.16 Å². The van der Waals surface area contributed by atoms with Crippen LogP contribution in [0.1, 0.15) is 33.4 Å². The molecule has 1 heterocycles. The van der Waals surface area contributed by atoms with Crippen LogP contribution in [-0.2, 0) is 33.5 Å². The molecular formula is C14H23N3O8S2. The van der Waals surface area contributed by atoms with E-state index in [9.17, 15) is 18.0 Å². The van der Waals surface area contributed by atoms with Gasteiger partial charge in [0.2, 0.25) is 12.3 Å². The van der Waals surface area contributed by atoms with Crippen LogP contribution in [0.4, 0.5) is 5.13 Å². The number of oxime groups is 1. The van der Waals surface area contributed by atoms with Crippen LogP contribution in [0, 0.1) is 0 Å². The van der Waals surface area contributed by atoms with Gasteiger partial charge in [-0.15, -0.1) is 11.3 Å². The summed E-state index contributed by atoms with van der Waals surface area (Å²) >= 11 is 1.07. The van der Waals surface area contributed by atoms with Gasteiger partial charge in [0.05, 0.1) is 12.9 Å². The maximum atomic E-state index is 11.4. The minimum atomic E-state index is -3.17. The highest BCUT2D eigenvalue weighted by Crippen LogP contribution is 2.12. The van der Waals surface area contributed by atoms with Crippen molar-refractivity contribution in [3.63, 3.8) is 0 Å². The fraction of sp³-hybridized carbons (Fsp3) is 0.571. The lowest BCUT2D eigenvalue weighted by atomic mass is 10.2. The molecule has 1 rings (SSSR count). The number of thiazole rings is 1. The number of nitrogens with two attached hydrogens (primary N) is 1. The van der Waals surface area contributed by atoms with Crippen LogP contribution in [0.3, 0.4) is 0 Å². The second kappa shape index (κ2) is 10.8. The molecule has 0 amide bonds. The monoisotopic (exact) mass is 425 g/mol. The van der Waals surface area contributed by atoms with Crippen molar-refractivity contribution in [1.29, 1.82) is 0 Å². The molecule has 154 valence electrons. The summed E-state index contributed by atoms with van der Waals surface area (Å²) in [6.07, 6.45) is 1.02. The van der Waals surface area contributed by atoms with Gasteiger partial charge in [-0.25, -0.2) is 14.6 Å². The van der Waals surface area contributed by atoms with E-state index in [4.69, 9.17) is 15.6 Å². The second-order valence-electron chi connectivity index (χ2n) is 5.79. The fourth-order valence-electron chi connectivity index (χ4n) is 1.33. The smallest absolute Gasteiger partial charge is 0.360 e. The summed E-state index contributed by atoms with van der Waals surface area (Å²) in [5.41, 5.74) is 4.40. The molecule has 0 spiro atoms. The van der Waals surface area contributed by atoms with Crippen LogP contribution in [0.25, 0.3) is 0 Å². The predicted molar refractivity (Wildman–Crippen MR) is 99.0 cm³/mol. The van der Waals surface area contributed by atoms with Gasteiger partial charge in [0.15, 0.2) is 5.13 Å². The largest absolute Gasteiger partial charge is 0.476 e. The molecule has 1 aromatic heterocycles. The number of hydrogen-bond acceptors (Lipinski definition) is 11. The number of anilines is 1. The van der Waals surface area contributed by atoms with Crippen molar-refractivity contribution in [3.05, 3.63) is 11.1 Å². The molecule has 0 aliphatic rings. The van der Waals surface area contributed by atoms with E-state index in [1.54, 1.807) is 27.7 Å². The summed E-state index contributed by atoms with van der Waals surface area (Å²) in [6, 6.07) is 0. The number of carboxylic acids is 1. The highest BCUT2D eigenvalue weighted by Gasteiger charge is 2.19. The molecule has 3 N–H and O–H groups in total. The minimum absolute atomic E-state index is 0.0733. The summed E-state index contributed by atoms with van der Waals surface area (Å²) in [5.74, 6) is -1.98. The molecule has 0 aromatic carbocycles. The molecule has 0 unspecified atom stereocenters. The highest BCUT2D eigenvalue weighted by molar-refractivity contribution is 7.85. The summed E-state index contributed by atoms with van der Waals surface area (Å²) < 4.78 is 29.2. The van der Waals surface area contributed by atoms with Gasteiger partial charge in [0, 0.05) is 5.38 Å². The summed E-state index contributed by atoms with van der Waals surface area (Å²) in [6.45, 7) is 6.46. The molecule has 1 aromatic rings. The normalized spacial score (nSPS) is 12.0. The van der Waals surface area contributed by atoms with Gasteiger partial charge in [-0.3, -0.25) is 4.18 Å². The lowest BCUT2D eigenvalue weighted by molar-refractivity contribution is -0.160. The molecule has 0 atom stereocenters. The molecular weight excluding hydrogens is 402 g/mol. The molecule has 0 saturated heterocycles. The fourth-order valence-corrected chi connectivity index (χ4v) is 2.30. The Bertz CT molecular complexity index is 766. The third kappa shape index (κ3) is 12.7. The third-order valence-corrected chi connectivity index (χ3v) is 3.40. The molecule has 0 fully saturated rings. The average Bonchev–Trinajstić information content (AvgIpc) is 2.86. The van der Waals surface area contributed by atoms with E-state index in [0.717, 1.165) is 17.6 Å². The predicted octanol–water partition coefficient (Wildman–Crippen LogP) is 0.855. The van der Waals surface area contributed by atoms with E-state index in [0.29, 0.717) is 0 Å². The van der Waals surface area contributed by atoms with Crippen molar-refractivity contribution in [2.24, 2.45) is 5.16 Å². The Kier molecular flexibility index (Phi) is 9.89. The van der Waals surface area contributed by atoms with Gasteiger partial charge in [-0.2, -0.15) is 8.42 Å². The zero-order valence-electron chi connectivity index (χ0n) is 15.6. The number of carbonyl (C=O) groups excluding carboxylic acids is 1. The first kappa shape index (κ1) is 24.8. The lowest BCUT2D eigenvalue weighted by Crippen LogP contribution is -2.26. The minimum Gasteiger partial charge on any atom is -0.476 e. The van der Waals surface area contributed by atoms with Gasteiger partial charge < -0.3 is 20.4 Å². The van der Waals surface area contributed by atoms with E-state index in [1.165, 1.54) is 5.38 Å². The van der Waals surface area contributed by atoms with Gasteiger partial charge in [0.25, 0.3) is 10.1 Å². The SMILES string of the molecule is CC(C)(C)OC(=O)CO/N=C(\C(=O)O)c1csc(N)n1.CCOS(C)(=O)=O. The number of rotatable bonds is 7. The maximum Gasteiger partial charge on any atom is 0.360 e. The zero-order chi connectivity index (χ0) is 21.3. The first-order valence-electron chi connectivity index (χ1n) is 7.46. The van der Waals surface area contributed by atoms with Crippen molar-refractivity contribution in [1.82, 2.24) is 4.98 Å². The lowest BCUT2D eigenvalue weighted by Gasteiger charge is -2.18. The van der Waals surface area contributed by atoms with Crippen LogP contribution in [0.15, 0.2) is 10.5 Å². The van der Waals surface area contributed by atoms with E-state index in [-0.39, 0.29) is 17.4 Å². The number of nitrogen functional groups attached to an aromatic ring is 1. The third-order valence-electron chi connectivity index (χ3n) is 2.06. The number of esters is 1. The Hall–Kier alpha value is -2.25. The Balaban J connectivity index is 0.000000821. The number of carbonyl (C=O) groups is 2. The maximum absolute atomic E-state index is 11.4. The second-order valence-corrected chi connectivity index (χ2v) is 8.32. The standard InChI is InChI=1S/C11H15N3O5S.C3H8O3S/c1-11(2,3)19-7(15)4-18-14-8(9(16)17)6-5-20-10(12)13-6;1-3-6-7(2,4)5/h5H,4H2,1-3H3,(H2,12,13)(H,16,17);3H2,1-2H3/b14-8-;. The van der Waals surface area contributed by atoms with Gasteiger partial charge >= 0.3 is 11.9 Å². The Labute approximate surface area is 161 Å². The summed E-state index contributed by atoms with van der Waals surface area (Å²) in [5, 5.41) is 14.0. The zero-order valence-corrected chi connectivity index (χ0v) is 17.2. The van der Waals surface area contributed by atoms with Crippen LogP contribution in [0.5, 0.6) is 0 Å². The van der Waals surface area contributed by atoms with Crippen molar-refractivity contribution in [2.75, 3.05) is 25.2 Å². The number of nitrogens with zero attached hydrogens (tertiary/aromatic N) is 2. The summed E-state index contributed by atoms with van der Waals surface area (Å²) in [7, 11) is -3.17. The first-order valence-corrected chi connectivity index (χ1v) is 10.2. The first-order chi connectivity index (χ1) is 12.2. The molecule has 0 saturated carbocycles. The highest BCUT2D eigenvalue weighted by atomic mass is 32.2. The van der Waals surface area contributed by atoms with Crippen LogP contribution in [-0.4, -0.2) is 61.2 Å². The molecule has 11 nitrogen and oxygen atoms in total. The Morgan fingerprint density at radius 2 is 1.96 bits per heavy atom. The van der Waals surface area contributed by atoms with E-state index in [1.807, 2.05) is 0 Å². The average molecular weight is 425 g/mol. The summed E-state index contributed by atoms with van der Waals surface area (Å²) in [4.78, 5) is 30.8. The van der Waals surface area contributed by atoms with Crippen molar-refractivity contribution in [2.45, 2.75) is 33.3 Å². The van der Waals surface area contributed by atoms with E-state index >= 15 is 0 Å². The van der Waals surface area contributed by atoms with E-state index in [2.05, 4.69) is 19.2 Å². The Morgan fingerprint density at radius 3 is 2.30 bits per heavy atom. The molecule has 0 aliphatic heterocycles. The quantitative estimate of drug-likeness (QED) is 0.276. The van der Waals surface area contributed by atoms with Gasteiger partial charge in [0.1, 0.15) is 11.3 Å². The van der Waals surface area contributed by atoms with Crippen LogP contribution >= 0.6 is 11.3 Å². The molecule has 0 radical (unpaired) electrons. The molecule has 0 aliphatic carbocycles. The molecule has 13 heteroatoms. The van der Waals surface area contributed by atoms with Crippen molar-refractivity contribution < 1.29 is 36.9 Å². The number of carboxylic acid groups (broad SMARTS) is 1. The molecule has 27 heavy (non-hydrogen) atoms. The van der Waals surface area contributed by atoms with Crippen LogP contribution < -0.4 is 5.73 Å². The van der Waals surface area contributed by atoms with Crippen LogP contribution in [0.2, 0.25) is 0 Å². The van der Waals surface area contributed by atoms with Crippen molar-refractivity contribution in [3.8, 4) is 0 Å². The van der Waals surface area contributed by atoms with Crippen molar-refractivity contribution >= 4 is 44.2 Å². The number of aliphatic carboxylic acids is 1. The number of aromatic nitrogens is 1. The Morgan fingerprint density at radius 1 is 1.37 bits per heavy atom. The number of hydrogen-bond donors (Lipinski definition) is 2.